The molecule has 0 heterocycles. The Morgan fingerprint density at radius 3 is 2.63 bits per heavy atom. The van der Waals surface area contributed by atoms with Gasteiger partial charge in [-0.05, 0) is 30.5 Å². The molecule has 6 nitrogen and oxygen atoms in total. The number of hydrogen-bond donors (Lipinski definition) is 4. The van der Waals surface area contributed by atoms with Gasteiger partial charge in [0, 0.05) is 12.3 Å². The normalized spacial score (nSPS) is 25.8. The summed E-state index contributed by atoms with van der Waals surface area (Å²) in [5.41, 5.74) is -0.855. The number of carboxylic acid groups (broad SMARTS) is 1. The van der Waals surface area contributed by atoms with E-state index in [1.165, 1.54) is 24.3 Å². The van der Waals surface area contributed by atoms with Crippen LogP contribution in [0.25, 0.3) is 0 Å². The van der Waals surface area contributed by atoms with Crippen molar-refractivity contribution in [3.63, 3.8) is 0 Å². The maximum Gasteiger partial charge on any atom is 0.416 e. The first-order valence-electron chi connectivity index (χ1n) is 9.47. The highest BCUT2D eigenvalue weighted by Crippen LogP contribution is 2.36. The summed E-state index contributed by atoms with van der Waals surface area (Å²) in [4.78, 5) is 10.5. The maximum absolute atomic E-state index is 12.7. The van der Waals surface area contributed by atoms with Gasteiger partial charge in [-0.3, -0.25) is 4.79 Å². The standard InChI is InChI=1S/C21H25F3O6/c22-21(23,24)13-4-3-5-15(10-13)30-12-14(25)8-9-17-16(18(26)11-19(17)27)6-1-2-7-20(28)29/h1-5,8-10,14,16-19,25-27H,6-7,11-12H2,(H,28,29)/b2-1-,9-8+/t14?,16?,17-,18?,19?/m1/s1. The molecule has 4 unspecified atom stereocenters. The first-order chi connectivity index (χ1) is 14.1. The molecule has 0 saturated heterocycles. The third-order valence-corrected chi connectivity index (χ3v) is 4.92. The second-order valence-electron chi connectivity index (χ2n) is 7.21. The van der Waals surface area contributed by atoms with Crippen LogP contribution >= 0.6 is 0 Å². The van der Waals surface area contributed by atoms with Crippen molar-refractivity contribution in [2.24, 2.45) is 11.8 Å². The Morgan fingerprint density at radius 2 is 1.97 bits per heavy atom. The topological polar surface area (TPSA) is 107 Å². The van der Waals surface area contributed by atoms with Crippen LogP contribution in [-0.4, -0.2) is 51.3 Å². The van der Waals surface area contributed by atoms with Crippen LogP contribution in [0.5, 0.6) is 5.75 Å². The molecule has 1 aliphatic rings. The van der Waals surface area contributed by atoms with Gasteiger partial charge in [-0.2, -0.15) is 13.2 Å². The number of aliphatic hydroxyl groups excluding tert-OH is 3. The minimum Gasteiger partial charge on any atom is -0.491 e. The fourth-order valence-electron chi connectivity index (χ4n) is 3.40. The first kappa shape index (κ1) is 23.9. The summed E-state index contributed by atoms with van der Waals surface area (Å²) in [7, 11) is 0. The van der Waals surface area contributed by atoms with Gasteiger partial charge in [-0.1, -0.05) is 30.4 Å². The van der Waals surface area contributed by atoms with E-state index in [4.69, 9.17) is 9.84 Å². The van der Waals surface area contributed by atoms with Crippen molar-refractivity contribution in [3.05, 3.63) is 54.1 Å². The lowest BCUT2D eigenvalue weighted by molar-refractivity contribution is -0.138. The minimum atomic E-state index is -4.49. The first-order valence-corrected chi connectivity index (χ1v) is 9.47. The number of carboxylic acids is 1. The molecule has 4 N–H and O–H groups in total. The minimum absolute atomic E-state index is 0.0324. The Labute approximate surface area is 171 Å². The molecule has 9 heteroatoms. The highest BCUT2D eigenvalue weighted by molar-refractivity contribution is 5.68. The highest BCUT2D eigenvalue weighted by atomic mass is 19.4. The van der Waals surface area contributed by atoms with E-state index in [1.807, 2.05) is 0 Å². The van der Waals surface area contributed by atoms with Gasteiger partial charge in [-0.25, -0.2) is 0 Å². The van der Waals surface area contributed by atoms with E-state index in [0.29, 0.717) is 6.42 Å². The number of carbonyl (C=O) groups is 1. The zero-order chi connectivity index (χ0) is 22.3. The van der Waals surface area contributed by atoms with Crippen LogP contribution in [0.15, 0.2) is 48.6 Å². The molecule has 1 aliphatic carbocycles. The third kappa shape index (κ3) is 7.16. The molecule has 1 fully saturated rings. The van der Waals surface area contributed by atoms with E-state index in [1.54, 1.807) is 12.2 Å². The maximum atomic E-state index is 12.7. The average molecular weight is 430 g/mol. The number of alkyl halides is 3. The van der Waals surface area contributed by atoms with Gasteiger partial charge in [0.1, 0.15) is 18.5 Å². The average Bonchev–Trinajstić information content (AvgIpc) is 2.93. The number of hydrogen-bond acceptors (Lipinski definition) is 5. The molecule has 0 aromatic heterocycles. The highest BCUT2D eigenvalue weighted by Gasteiger charge is 2.39. The number of allylic oxidation sites excluding steroid dienone is 1. The third-order valence-electron chi connectivity index (χ3n) is 4.92. The van der Waals surface area contributed by atoms with Gasteiger partial charge >= 0.3 is 12.1 Å². The number of aliphatic carboxylic acids is 1. The molecule has 0 aliphatic heterocycles. The molecule has 166 valence electrons. The van der Waals surface area contributed by atoms with Crippen LogP contribution in [0.2, 0.25) is 0 Å². The summed E-state index contributed by atoms with van der Waals surface area (Å²) in [6, 6.07) is 4.31. The zero-order valence-electron chi connectivity index (χ0n) is 16.1. The van der Waals surface area contributed by atoms with Crippen molar-refractivity contribution in [2.75, 3.05) is 6.61 Å². The number of rotatable bonds is 9. The Hall–Kier alpha value is -2.36. The number of aliphatic hydroxyl groups is 3. The smallest absolute Gasteiger partial charge is 0.416 e. The Balaban J connectivity index is 1.92. The summed E-state index contributed by atoms with van der Waals surface area (Å²) >= 11 is 0. The fraction of sp³-hybridized carbons (Fsp3) is 0.476. The van der Waals surface area contributed by atoms with Crippen molar-refractivity contribution < 1.29 is 43.1 Å². The monoisotopic (exact) mass is 430 g/mol. The predicted octanol–water partition coefficient (Wildman–Crippen LogP) is 2.78. The molecule has 1 aromatic carbocycles. The predicted molar refractivity (Wildman–Crippen MR) is 102 cm³/mol. The molecule has 0 bridgehead atoms. The second kappa shape index (κ2) is 10.6. The van der Waals surface area contributed by atoms with Crippen LogP contribution in [0.1, 0.15) is 24.8 Å². The molecule has 2 rings (SSSR count). The summed E-state index contributed by atoms with van der Waals surface area (Å²) in [6.07, 6.45) is -0.832. The molecule has 5 atom stereocenters. The quantitative estimate of drug-likeness (QED) is 0.449. The van der Waals surface area contributed by atoms with Gasteiger partial charge in [0.25, 0.3) is 0 Å². The summed E-state index contributed by atoms with van der Waals surface area (Å²) < 4.78 is 43.4. The number of benzene rings is 1. The van der Waals surface area contributed by atoms with E-state index in [9.17, 15) is 33.3 Å². The van der Waals surface area contributed by atoms with E-state index in [-0.39, 0.29) is 31.1 Å². The van der Waals surface area contributed by atoms with Gasteiger partial charge in [0.2, 0.25) is 0 Å². The molecular formula is C21H25F3O6. The Bertz CT molecular complexity index is 761. The lowest BCUT2D eigenvalue weighted by atomic mass is 9.89. The molecule has 1 saturated carbocycles. The van der Waals surface area contributed by atoms with Crippen molar-refractivity contribution >= 4 is 5.97 Å². The summed E-state index contributed by atoms with van der Waals surface area (Å²) in [6.45, 7) is -0.285. The number of halogens is 3. The van der Waals surface area contributed by atoms with Gasteiger partial charge in [-0.15, -0.1) is 0 Å². The van der Waals surface area contributed by atoms with Crippen molar-refractivity contribution in [1.29, 1.82) is 0 Å². The molecular weight excluding hydrogens is 405 g/mol. The van der Waals surface area contributed by atoms with E-state index >= 15 is 0 Å². The Kier molecular flexibility index (Phi) is 8.45. The zero-order valence-corrected chi connectivity index (χ0v) is 16.1. The molecule has 0 spiro atoms. The van der Waals surface area contributed by atoms with Crippen molar-refractivity contribution in [1.82, 2.24) is 0 Å². The van der Waals surface area contributed by atoms with Crippen molar-refractivity contribution in [2.45, 2.75) is 43.8 Å². The van der Waals surface area contributed by atoms with Crippen molar-refractivity contribution in [3.8, 4) is 5.75 Å². The van der Waals surface area contributed by atoms with Crippen LogP contribution in [-0.2, 0) is 11.0 Å². The van der Waals surface area contributed by atoms with Gasteiger partial charge < -0.3 is 25.2 Å². The number of ether oxygens (including phenoxy) is 1. The lowest BCUT2D eigenvalue weighted by Crippen LogP contribution is -2.21. The van der Waals surface area contributed by atoms with Crippen LogP contribution in [0.3, 0.4) is 0 Å². The van der Waals surface area contributed by atoms with E-state index < -0.39 is 41.9 Å². The van der Waals surface area contributed by atoms with Crippen LogP contribution in [0.4, 0.5) is 13.2 Å². The summed E-state index contributed by atoms with van der Waals surface area (Å²) in [5.74, 6) is -1.82. The SMILES string of the molecule is O=C(O)C/C=C\CC1C(O)CC(O)[C@@H]1/C=C/C(O)COc1cccc(C(F)(F)F)c1. The van der Waals surface area contributed by atoms with Crippen LogP contribution < -0.4 is 4.74 Å². The fourth-order valence-corrected chi connectivity index (χ4v) is 3.40. The lowest BCUT2D eigenvalue weighted by Gasteiger charge is -2.19. The van der Waals surface area contributed by atoms with E-state index in [2.05, 4.69) is 0 Å². The molecule has 1 aromatic rings. The molecule has 30 heavy (non-hydrogen) atoms. The molecule has 0 amide bonds. The summed E-state index contributed by atoms with van der Waals surface area (Å²) in [5, 5.41) is 39.0. The van der Waals surface area contributed by atoms with E-state index in [0.717, 1.165) is 12.1 Å². The van der Waals surface area contributed by atoms with Gasteiger partial charge in [0.15, 0.2) is 0 Å². The molecule has 0 radical (unpaired) electrons. The Morgan fingerprint density at radius 1 is 1.23 bits per heavy atom. The van der Waals surface area contributed by atoms with Gasteiger partial charge in [0.05, 0.1) is 24.2 Å². The largest absolute Gasteiger partial charge is 0.491 e. The van der Waals surface area contributed by atoms with Crippen LogP contribution in [0, 0.1) is 11.8 Å². The second-order valence-corrected chi connectivity index (χ2v) is 7.21.